The predicted octanol–water partition coefficient (Wildman–Crippen LogP) is 1.02. The van der Waals surface area contributed by atoms with Gasteiger partial charge in [-0.2, -0.15) is 5.10 Å². The summed E-state index contributed by atoms with van der Waals surface area (Å²) in [6.45, 7) is 0. The van der Waals surface area contributed by atoms with Gasteiger partial charge in [-0.25, -0.2) is 0 Å². The van der Waals surface area contributed by atoms with Crippen LogP contribution in [0.1, 0.15) is 16.1 Å². The molecule has 0 atom stereocenters. The molecule has 0 amide bonds. The maximum absolute atomic E-state index is 11.8. The van der Waals surface area contributed by atoms with Crippen LogP contribution in [-0.4, -0.2) is 15.6 Å². The molecule has 0 bridgehead atoms. The Balaban J connectivity index is 2.19. The van der Waals surface area contributed by atoms with Gasteiger partial charge in [-0.05, 0) is 12.1 Å². The number of nitrogens with two attached hydrogens (primary N) is 1. The molecule has 0 radical (unpaired) electrons. The second kappa shape index (κ2) is 3.61. The summed E-state index contributed by atoms with van der Waals surface area (Å²) in [4.78, 5) is 11.8. The number of Topliss-reactive ketones (excluding diaryl/α,β-unsaturated/α-hetero) is 1. The highest BCUT2D eigenvalue weighted by molar-refractivity contribution is 6.00. The smallest absolute Gasteiger partial charge is 0.175 e. The van der Waals surface area contributed by atoms with Crippen LogP contribution in [0.2, 0.25) is 0 Å². The van der Waals surface area contributed by atoms with E-state index in [1.54, 1.807) is 19.2 Å². The van der Waals surface area contributed by atoms with E-state index in [4.69, 9.17) is 10.2 Å². The molecule has 2 heterocycles. The van der Waals surface area contributed by atoms with Crippen molar-refractivity contribution in [2.45, 2.75) is 6.42 Å². The molecule has 0 aliphatic rings. The van der Waals surface area contributed by atoms with Gasteiger partial charge in [0, 0.05) is 7.05 Å². The summed E-state index contributed by atoms with van der Waals surface area (Å²) in [5, 5.41) is 3.91. The first-order chi connectivity index (χ1) is 7.18. The van der Waals surface area contributed by atoms with Gasteiger partial charge in [0.25, 0.3) is 0 Å². The molecule has 15 heavy (non-hydrogen) atoms. The third-order valence-electron chi connectivity index (χ3n) is 2.20. The number of nitrogen functional groups attached to an aromatic ring is 1. The Labute approximate surface area is 86.5 Å². The zero-order chi connectivity index (χ0) is 10.8. The molecule has 0 spiro atoms. The van der Waals surface area contributed by atoms with Crippen molar-refractivity contribution in [1.82, 2.24) is 9.78 Å². The van der Waals surface area contributed by atoms with Crippen LogP contribution in [0.3, 0.4) is 0 Å². The van der Waals surface area contributed by atoms with E-state index in [-0.39, 0.29) is 12.2 Å². The molecule has 0 fully saturated rings. The van der Waals surface area contributed by atoms with Crippen LogP contribution in [-0.2, 0) is 13.5 Å². The van der Waals surface area contributed by atoms with E-state index in [0.717, 1.165) is 0 Å². The molecule has 2 aromatic heterocycles. The van der Waals surface area contributed by atoms with E-state index < -0.39 is 0 Å². The number of anilines is 1. The molecule has 5 nitrogen and oxygen atoms in total. The zero-order valence-corrected chi connectivity index (χ0v) is 8.30. The minimum Gasteiger partial charge on any atom is -0.469 e. The van der Waals surface area contributed by atoms with E-state index in [9.17, 15) is 4.79 Å². The molecule has 5 heteroatoms. The van der Waals surface area contributed by atoms with Gasteiger partial charge < -0.3 is 10.2 Å². The average Bonchev–Trinajstić information content (AvgIpc) is 2.79. The number of ketones is 1. The second-order valence-corrected chi connectivity index (χ2v) is 3.25. The van der Waals surface area contributed by atoms with Crippen molar-refractivity contribution in [2.75, 3.05) is 5.73 Å². The fourth-order valence-electron chi connectivity index (χ4n) is 1.33. The SMILES string of the molecule is Cn1ncc(C(=O)Cc2ccco2)c1N. The van der Waals surface area contributed by atoms with E-state index in [0.29, 0.717) is 17.1 Å². The normalized spacial score (nSPS) is 10.5. The first kappa shape index (κ1) is 9.51. The van der Waals surface area contributed by atoms with Crippen molar-refractivity contribution in [3.05, 3.63) is 35.9 Å². The van der Waals surface area contributed by atoms with Crippen molar-refractivity contribution in [3.8, 4) is 0 Å². The fourth-order valence-corrected chi connectivity index (χ4v) is 1.33. The van der Waals surface area contributed by atoms with Crippen molar-refractivity contribution < 1.29 is 9.21 Å². The van der Waals surface area contributed by atoms with Gasteiger partial charge in [0.05, 0.1) is 24.4 Å². The van der Waals surface area contributed by atoms with Gasteiger partial charge >= 0.3 is 0 Å². The Morgan fingerprint density at radius 1 is 1.67 bits per heavy atom. The minimum absolute atomic E-state index is 0.0875. The molecule has 0 aliphatic carbocycles. The Morgan fingerprint density at radius 2 is 2.47 bits per heavy atom. The number of hydrogen-bond donors (Lipinski definition) is 1. The number of aryl methyl sites for hydroxylation is 1. The largest absolute Gasteiger partial charge is 0.469 e. The van der Waals surface area contributed by atoms with E-state index in [1.807, 2.05) is 0 Å². The van der Waals surface area contributed by atoms with E-state index >= 15 is 0 Å². The fraction of sp³-hybridized carbons (Fsp3) is 0.200. The van der Waals surface area contributed by atoms with Crippen LogP contribution in [0.15, 0.2) is 29.0 Å². The summed E-state index contributed by atoms with van der Waals surface area (Å²) in [7, 11) is 1.69. The highest BCUT2D eigenvalue weighted by atomic mass is 16.3. The van der Waals surface area contributed by atoms with Crippen molar-refractivity contribution in [3.63, 3.8) is 0 Å². The zero-order valence-electron chi connectivity index (χ0n) is 8.30. The van der Waals surface area contributed by atoms with Gasteiger partial charge in [-0.1, -0.05) is 0 Å². The van der Waals surface area contributed by atoms with E-state index in [2.05, 4.69) is 5.10 Å². The quantitative estimate of drug-likeness (QED) is 0.759. The lowest BCUT2D eigenvalue weighted by Crippen LogP contribution is -2.06. The molecule has 0 unspecified atom stereocenters. The number of furan rings is 1. The predicted molar refractivity (Wildman–Crippen MR) is 54.4 cm³/mol. The van der Waals surface area contributed by atoms with Crippen LogP contribution in [0.25, 0.3) is 0 Å². The number of aromatic nitrogens is 2. The molecule has 0 saturated heterocycles. The first-order valence-electron chi connectivity index (χ1n) is 4.51. The van der Waals surface area contributed by atoms with Crippen molar-refractivity contribution in [2.24, 2.45) is 7.05 Å². The van der Waals surface area contributed by atoms with Crippen LogP contribution in [0.5, 0.6) is 0 Å². The molecule has 0 saturated carbocycles. The van der Waals surface area contributed by atoms with Crippen LogP contribution >= 0.6 is 0 Å². The van der Waals surface area contributed by atoms with Gasteiger partial charge in [0.1, 0.15) is 11.6 Å². The minimum atomic E-state index is -0.0875. The average molecular weight is 205 g/mol. The summed E-state index contributed by atoms with van der Waals surface area (Å²) in [6, 6.07) is 3.50. The molecule has 2 N–H and O–H groups in total. The molecule has 0 aromatic carbocycles. The van der Waals surface area contributed by atoms with Gasteiger partial charge in [-0.15, -0.1) is 0 Å². The number of nitrogens with zero attached hydrogens (tertiary/aromatic N) is 2. The lowest BCUT2D eigenvalue weighted by Gasteiger charge is -1.98. The molecule has 2 aromatic rings. The second-order valence-electron chi connectivity index (χ2n) is 3.25. The highest BCUT2D eigenvalue weighted by Gasteiger charge is 2.14. The molecule has 0 aliphatic heterocycles. The third-order valence-corrected chi connectivity index (χ3v) is 2.20. The van der Waals surface area contributed by atoms with Gasteiger partial charge in [0.15, 0.2) is 5.78 Å². The Bertz CT molecular complexity index is 471. The Hall–Kier alpha value is -2.04. The summed E-state index contributed by atoms with van der Waals surface area (Å²) < 4.78 is 6.55. The number of carbonyl (C=O) groups excluding carboxylic acids is 1. The first-order valence-corrected chi connectivity index (χ1v) is 4.51. The topological polar surface area (TPSA) is 74.0 Å². The van der Waals surface area contributed by atoms with Crippen LogP contribution in [0, 0.1) is 0 Å². The lowest BCUT2D eigenvalue weighted by molar-refractivity contribution is 0.0988. The third kappa shape index (κ3) is 1.76. The maximum atomic E-state index is 11.8. The molecular formula is C10H11N3O2. The number of rotatable bonds is 3. The van der Waals surface area contributed by atoms with Gasteiger partial charge in [0.2, 0.25) is 0 Å². The molecular weight excluding hydrogens is 194 g/mol. The van der Waals surface area contributed by atoms with Crippen LogP contribution < -0.4 is 5.73 Å². The summed E-state index contributed by atoms with van der Waals surface area (Å²) in [5.74, 6) is 0.922. The summed E-state index contributed by atoms with van der Waals surface area (Å²) in [5.41, 5.74) is 6.12. The number of hydrogen-bond acceptors (Lipinski definition) is 4. The Morgan fingerprint density at radius 3 is 3.00 bits per heavy atom. The molecule has 78 valence electrons. The van der Waals surface area contributed by atoms with Crippen molar-refractivity contribution in [1.29, 1.82) is 0 Å². The molecule has 2 rings (SSSR count). The summed E-state index contributed by atoms with van der Waals surface area (Å²) in [6.07, 6.45) is 3.22. The maximum Gasteiger partial charge on any atom is 0.175 e. The van der Waals surface area contributed by atoms with E-state index in [1.165, 1.54) is 17.1 Å². The number of carbonyl (C=O) groups is 1. The van der Waals surface area contributed by atoms with Crippen LogP contribution in [0.4, 0.5) is 5.82 Å². The monoisotopic (exact) mass is 205 g/mol. The van der Waals surface area contributed by atoms with Gasteiger partial charge in [-0.3, -0.25) is 9.48 Å². The summed E-state index contributed by atoms with van der Waals surface area (Å²) >= 11 is 0. The standard InChI is InChI=1S/C10H11N3O2/c1-13-10(11)8(6-12-13)9(14)5-7-3-2-4-15-7/h2-4,6H,5,11H2,1H3. The Kier molecular flexibility index (Phi) is 2.29. The lowest BCUT2D eigenvalue weighted by atomic mass is 10.1. The van der Waals surface area contributed by atoms with Crippen molar-refractivity contribution >= 4 is 11.6 Å². The highest BCUT2D eigenvalue weighted by Crippen LogP contribution is 2.13.